The van der Waals surface area contributed by atoms with Crippen molar-refractivity contribution >= 4 is 15.8 Å². The van der Waals surface area contributed by atoms with Crippen molar-refractivity contribution in [3.63, 3.8) is 0 Å². The number of benzene rings is 2. The molecule has 7 heteroatoms. The van der Waals surface area contributed by atoms with Gasteiger partial charge in [0, 0.05) is 18.4 Å². The molecular weight excluding hydrogens is 438 g/mol. The average Bonchev–Trinajstić information content (AvgIpc) is 3.07. The number of carbonyl (C=O) groups excluding carboxylic acids is 1. The van der Waals surface area contributed by atoms with Crippen molar-refractivity contribution < 1.29 is 23.1 Å². The van der Waals surface area contributed by atoms with Crippen molar-refractivity contribution in [2.45, 2.75) is 49.8 Å². The molecule has 176 valence electrons. The first-order chi connectivity index (χ1) is 15.7. The van der Waals surface area contributed by atoms with Gasteiger partial charge >= 0.3 is 0 Å². The number of ether oxygens (including phenoxy) is 1. The predicted molar refractivity (Wildman–Crippen MR) is 125 cm³/mol. The summed E-state index contributed by atoms with van der Waals surface area (Å²) >= 11 is 0. The SMILES string of the molecule is COc1ccc(S(=O)(=O)NC[C@H]2CC(=O)[C@@]3(C)CCC4c5ccc(O)cc5CCC4C23)cc1. The van der Waals surface area contributed by atoms with Crippen LogP contribution in [-0.2, 0) is 21.2 Å². The molecule has 33 heavy (non-hydrogen) atoms. The zero-order valence-corrected chi connectivity index (χ0v) is 19.9. The van der Waals surface area contributed by atoms with Gasteiger partial charge in [0.15, 0.2) is 0 Å². The summed E-state index contributed by atoms with van der Waals surface area (Å²) in [6, 6.07) is 12.0. The number of ketones is 1. The van der Waals surface area contributed by atoms with Gasteiger partial charge in [-0.15, -0.1) is 0 Å². The number of aromatic hydroxyl groups is 1. The van der Waals surface area contributed by atoms with Crippen LogP contribution in [0.1, 0.15) is 49.7 Å². The summed E-state index contributed by atoms with van der Waals surface area (Å²) in [5.74, 6) is 2.03. The van der Waals surface area contributed by atoms with Gasteiger partial charge in [0.1, 0.15) is 17.3 Å². The molecule has 0 aromatic heterocycles. The standard InChI is InChI=1S/C26H31NO5S/c1-26-12-11-22-21-10-4-18(28)13-16(21)3-9-23(22)25(26)17(14-24(26)29)15-27-33(30,31)20-7-5-19(32-2)6-8-20/h4-8,10,13,17,22-23,25,27-28H,3,9,11-12,14-15H2,1-2H3/t17-,22?,23?,25?,26-/m1/s1. The Morgan fingerprint density at radius 3 is 2.64 bits per heavy atom. The van der Waals surface area contributed by atoms with Gasteiger partial charge in [0.25, 0.3) is 0 Å². The fraction of sp³-hybridized carbons (Fsp3) is 0.500. The number of hydrogen-bond donors (Lipinski definition) is 2. The summed E-state index contributed by atoms with van der Waals surface area (Å²) in [6.45, 7) is 2.37. The summed E-state index contributed by atoms with van der Waals surface area (Å²) in [5, 5.41) is 9.90. The lowest BCUT2D eigenvalue weighted by Crippen LogP contribution is -2.46. The van der Waals surface area contributed by atoms with Crippen molar-refractivity contribution in [3.8, 4) is 11.5 Å². The van der Waals surface area contributed by atoms with Gasteiger partial charge in [-0.1, -0.05) is 13.0 Å². The number of aryl methyl sites for hydroxylation is 1. The summed E-state index contributed by atoms with van der Waals surface area (Å²) in [7, 11) is -2.13. The van der Waals surface area contributed by atoms with E-state index in [1.54, 1.807) is 25.3 Å². The molecule has 3 aliphatic carbocycles. The Kier molecular flexibility index (Phi) is 5.52. The number of carbonyl (C=O) groups is 1. The van der Waals surface area contributed by atoms with E-state index in [9.17, 15) is 18.3 Å². The van der Waals surface area contributed by atoms with E-state index in [0.29, 0.717) is 29.8 Å². The number of sulfonamides is 1. The molecule has 2 aromatic carbocycles. The molecule has 6 nitrogen and oxygen atoms in total. The van der Waals surface area contributed by atoms with Crippen LogP contribution in [0.15, 0.2) is 47.4 Å². The minimum Gasteiger partial charge on any atom is -0.508 e. The Bertz CT molecular complexity index is 1180. The molecule has 0 heterocycles. The number of hydrogen-bond acceptors (Lipinski definition) is 5. The Morgan fingerprint density at radius 1 is 1.15 bits per heavy atom. The number of phenols is 1. The number of fused-ring (bicyclic) bond motifs is 5. The summed E-state index contributed by atoms with van der Waals surface area (Å²) in [5.41, 5.74) is 2.12. The van der Waals surface area contributed by atoms with Crippen LogP contribution >= 0.6 is 0 Å². The highest BCUT2D eigenvalue weighted by molar-refractivity contribution is 7.89. The highest BCUT2D eigenvalue weighted by Gasteiger charge is 2.58. The van der Waals surface area contributed by atoms with Gasteiger partial charge in [-0.25, -0.2) is 13.1 Å². The van der Waals surface area contributed by atoms with Gasteiger partial charge in [-0.2, -0.15) is 0 Å². The van der Waals surface area contributed by atoms with E-state index in [-0.39, 0.29) is 34.5 Å². The van der Waals surface area contributed by atoms with E-state index in [1.165, 1.54) is 23.3 Å². The second-order valence-electron chi connectivity index (χ2n) is 10.1. The molecule has 0 saturated heterocycles. The van der Waals surface area contributed by atoms with E-state index in [2.05, 4.69) is 11.6 Å². The third-order valence-corrected chi connectivity index (χ3v) is 9.90. The topological polar surface area (TPSA) is 92.7 Å². The monoisotopic (exact) mass is 469 g/mol. The molecule has 2 aromatic rings. The Balaban J connectivity index is 1.39. The van der Waals surface area contributed by atoms with Crippen LogP contribution < -0.4 is 9.46 Å². The van der Waals surface area contributed by atoms with Crippen molar-refractivity contribution in [1.82, 2.24) is 4.72 Å². The van der Waals surface area contributed by atoms with Crippen LogP contribution in [0.4, 0.5) is 0 Å². The first kappa shape index (κ1) is 22.4. The van der Waals surface area contributed by atoms with Crippen molar-refractivity contribution in [1.29, 1.82) is 0 Å². The maximum atomic E-state index is 13.1. The normalized spacial score (nSPS) is 30.9. The number of nitrogens with one attached hydrogen (secondary N) is 1. The molecule has 5 rings (SSSR count). The van der Waals surface area contributed by atoms with Crippen LogP contribution in [0.3, 0.4) is 0 Å². The Labute approximate surface area is 195 Å². The molecule has 2 saturated carbocycles. The van der Waals surface area contributed by atoms with Gasteiger partial charge in [-0.3, -0.25) is 4.79 Å². The number of phenolic OH excluding ortho intramolecular Hbond substituents is 1. The molecule has 0 spiro atoms. The van der Waals surface area contributed by atoms with Crippen molar-refractivity contribution in [2.24, 2.45) is 23.2 Å². The fourth-order valence-corrected chi connectivity index (χ4v) is 7.96. The van der Waals surface area contributed by atoms with E-state index in [4.69, 9.17) is 4.74 Å². The van der Waals surface area contributed by atoms with E-state index < -0.39 is 10.0 Å². The van der Waals surface area contributed by atoms with Crippen LogP contribution in [-0.4, -0.2) is 33.0 Å². The minimum absolute atomic E-state index is 0.0120. The lowest BCUT2D eigenvalue weighted by Gasteiger charge is -2.49. The quantitative estimate of drug-likeness (QED) is 0.690. The molecule has 0 aliphatic heterocycles. The molecule has 2 fully saturated rings. The second kappa shape index (κ2) is 8.13. The lowest BCUT2D eigenvalue weighted by atomic mass is 9.54. The van der Waals surface area contributed by atoms with Crippen LogP contribution in [0.2, 0.25) is 0 Å². The largest absolute Gasteiger partial charge is 0.508 e. The van der Waals surface area contributed by atoms with E-state index in [1.807, 2.05) is 12.1 Å². The van der Waals surface area contributed by atoms with E-state index in [0.717, 1.165) is 25.7 Å². The first-order valence-corrected chi connectivity index (χ1v) is 13.2. The van der Waals surface area contributed by atoms with Crippen molar-refractivity contribution in [2.75, 3.05) is 13.7 Å². The summed E-state index contributed by atoms with van der Waals surface area (Å²) in [4.78, 5) is 13.3. The predicted octanol–water partition coefficient (Wildman–Crippen LogP) is 4.03. The maximum absolute atomic E-state index is 13.1. The highest BCUT2D eigenvalue weighted by Crippen LogP contribution is 2.61. The minimum atomic E-state index is -3.68. The third kappa shape index (κ3) is 3.75. The number of rotatable bonds is 5. The zero-order valence-electron chi connectivity index (χ0n) is 19.1. The summed E-state index contributed by atoms with van der Waals surface area (Å²) in [6.07, 6.45) is 4.08. The average molecular weight is 470 g/mol. The third-order valence-electron chi connectivity index (χ3n) is 8.46. The molecule has 5 atom stereocenters. The van der Waals surface area contributed by atoms with Gasteiger partial charge in [0.2, 0.25) is 10.0 Å². The molecule has 0 bridgehead atoms. The maximum Gasteiger partial charge on any atom is 0.240 e. The van der Waals surface area contributed by atoms with Gasteiger partial charge in [-0.05, 0) is 96.9 Å². The van der Waals surface area contributed by atoms with E-state index >= 15 is 0 Å². The van der Waals surface area contributed by atoms with Crippen molar-refractivity contribution in [3.05, 3.63) is 53.6 Å². The summed E-state index contributed by atoms with van der Waals surface area (Å²) < 4.78 is 33.8. The van der Waals surface area contributed by atoms with Gasteiger partial charge in [0.05, 0.1) is 12.0 Å². The Morgan fingerprint density at radius 2 is 1.91 bits per heavy atom. The molecular formula is C26H31NO5S. The van der Waals surface area contributed by atoms with Crippen LogP contribution in [0.25, 0.3) is 0 Å². The second-order valence-corrected chi connectivity index (χ2v) is 11.9. The number of methoxy groups -OCH3 is 1. The molecule has 0 amide bonds. The highest BCUT2D eigenvalue weighted by atomic mass is 32.2. The van der Waals surface area contributed by atoms with Gasteiger partial charge < -0.3 is 9.84 Å². The molecule has 3 aliphatic rings. The Hall–Kier alpha value is -2.38. The fourth-order valence-electron chi connectivity index (χ4n) is 6.87. The number of Topliss-reactive ketones (excluding diaryl/α,β-unsaturated/α-hetero) is 1. The first-order valence-electron chi connectivity index (χ1n) is 11.7. The molecule has 2 N–H and O–H groups in total. The lowest BCUT2D eigenvalue weighted by molar-refractivity contribution is -0.129. The molecule has 3 unspecified atom stereocenters. The zero-order chi connectivity index (χ0) is 23.4. The van der Waals surface area contributed by atoms with Crippen LogP contribution in [0.5, 0.6) is 11.5 Å². The smallest absolute Gasteiger partial charge is 0.240 e. The molecule has 0 radical (unpaired) electrons. The van der Waals surface area contributed by atoms with Crippen LogP contribution in [0, 0.1) is 23.2 Å².